The van der Waals surface area contributed by atoms with Crippen molar-refractivity contribution in [2.24, 2.45) is 0 Å². The molecule has 132 valence electrons. The molecule has 1 aliphatic rings. The van der Waals surface area contributed by atoms with Crippen molar-refractivity contribution in [3.8, 4) is 5.75 Å². The molecule has 2 heterocycles. The molecule has 2 aromatic carbocycles. The maximum absolute atomic E-state index is 10.3. The van der Waals surface area contributed by atoms with Crippen LogP contribution >= 0.6 is 0 Å². The SMILES string of the molecule is CN1C=CC(c2n[nH]c3cc(O)c(CNCc4ccccc4)cc23)=CC1. The van der Waals surface area contributed by atoms with E-state index in [4.69, 9.17) is 0 Å². The molecule has 5 nitrogen and oxygen atoms in total. The molecule has 0 unspecified atom stereocenters. The number of nitrogens with one attached hydrogen (secondary N) is 2. The number of nitrogens with zero attached hydrogens (tertiary/aromatic N) is 2. The molecular formula is C21H22N4O. The van der Waals surface area contributed by atoms with Gasteiger partial charge in [-0.2, -0.15) is 5.10 Å². The van der Waals surface area contributed by atoms with Crippen molar-refractivity contribution in [2.45, 2.75) is 13.1 Å². The number of H-pyrrole nitrogens is 1. The van der Waals surface area contributed by atoms with Crippen LogP contribution in [0, 0.1) is 0 Å². The molecular weight excluding hydrogens is 324 g/mol. The number of phenolic OH excluding ortho intramolecular Hbond substituents is 1. The van der Waals surface area contributed by atoms with Crippen molar-refractivity contribution in [3.05, 3.63) is 77.6 Å². The first-order valence-electron chi connectivity index (χ1n) is 8.74. The molecule has 0 fully saturated rings. The molecule has 3 N–H and O–H groups in total. The van der Waals surface area contributed by atoms with Crippen LogP contribution in [0.4, 0.5) is 0 Å². The molecule has 0 aliphatic carbocycles. The summed E-state index contributed by atoms with van der Waals surface area (Å²) in [5.41, 5.74) is 4.96. The fraction of sp³-hybridized carbons (Fsp3) is 0.190. The summed E-state index contributed by atoms with van der Waals surface area (Å²) in [6.07, 6.45) is 6.29. The largest absolute Gasteiger partial charge is 0.508 e. The van der Waals surface area contributed by atoms with E-state index < -0.39 is 0 Å². The zero-order valence-corrected chi connectivity index (χ0v) is 14.7. The van der Waals surface area contributed by atoms with Crippen molar-refractivity contribution < 1.29 is 5.11 Å². The zero-order chi connectivity index (χ0) is 17.9. The predicted molar refractivity (Wildman–Crippen MR) is 104 cm³/mol. The minimum Gasteiger partial charge on any atom is -0.508 e. The number of hydrogen-bond donors (Lipinski definition) is 3. The highest BCUT2D eigenvalue weighted by molar-refractivity contribution is 5.94. The highest BCUT2D eigenvalue weighted by atomic mass is 16.3. The van der Waals surface area contributed by atoms with Crippen molar-refractivity contribution >= 4 is 16.5 Å². The lowest BCUT2D eigenvalue weighted by Crippen LogP contribution is -2.13. The Bertz CT molecular complexity index is 972. The van der Waals surface area contributed by atoms with Gasteiger partial charge in [0.1, 0.15) is 5.75 Å². The summed E-state index contributed by atoms with van der Waals surface area (Å²) < 4.78 is 0. The third-order valence-electron chi connectivity index (χ3n) is 4.63. The number of hydrogen-bond acceptors (Lipinski definition) is 4. The van der Waals surface area contributed by atoms with Crippen LogP contribution in [0.15, 0.2) is 60.8 Å². The van der Waals surface area contributed by atoms with E-state index in [2.05, 4.69) is 50.9 Å². The van der Waals surface area contributed by atoms with E-state index in [1.54, 1.807) is 6.07 Å². The second kappa shape index (κ2) is 7.06. The molecule has 0 amide bonds. The van der Waals surface area contributed by atoms with Gasteiger partial charge >= 0.3 is 0 Å². The van der Waals surface area contributed by atoms with Gasteiger partial charge in [-0.25, -0.2) is 0 Å². The average Bonchev–Trinajstić information content (AvgIpc) is 3.06. The van der Waals surface area contributed by atoms with Gasteiger partial charge in [0, 0.05) is 49.3 Å². The molecule has 1 aliphatic heterocycles. The van der Waals surface area contributed by atoms with Crippen LogP contribution in [0.5, 0.6) is 5.75 Å². The van der Waals surface area contributed by atoms with Crippen LogP contribution in [0.3, 0.4) is 0 Å². The van der Waals surface area contributed by atoms with Crippen LogP contribution in [-0.2, 0) is 13.1 Å². The Morgan fingerprint density at radius 3 is 2.81 bits per heavy atom. The number of phenols is 1. The molecule has 1 aromatic heterocycles. The third kappa shape index (κ3) is 3.34. The maximum Gasteiger partial charge on any atom is 0.122 e. The highest BCUT2D eigenvalue weighted by Gasteiger charge is 2.14. The summed E-state index contributed by atoms with van der Waals surface area (Å²) in [5.74, 6) is 0.279. The zero-order valence-electron chi connectivity index (χ0n) is 14.7. The number of likely N-dealkylation sites (N-methyl/N-ethyl adjacent to an activating group) is 1. The van der Waals surface area contributed by atoms with E-state index in [1.165, 1.54) is 5.56 Å². The Morgan fingerprint density at radius 1 is 1.19 bits per heavy atom. The van der Waals surface area contributed by atoms with Gasteiger partial charge in [0.25, 0.3) is 0 Å². The smallest absolute Gasteiger partial charge is 0.122 e. The normalized spacial score (nSPS) is 14.0. The van der Waals surface area contributed by atoms with E-state index in [0.717, 1.165) is 40.8 Å². The standard InChI is InChI=1S/C21H22N4O/c1-25-9-7-16(8-10-25)21-18-11-17(20(26)12-19(18)23-24-21)14-22-13-15-5-3-2-4-6-15/h2-9,11-12,22,26H,10,13-14H2,1H3,(H,23,24). The van der Waals surface area contributed by atoms with E-state index in [1.807, 2.05) is 31.3 Å². The van der Waals surface area contributed by atoms with E-state index in [9.17, 15) is 5.11 Å². The lowest BCUT2D eigenvalue weighted by molar-refractivity contribution is 0.465. The first-order chi connectivity index (χ1) is 12.7. The van der Waals surface area contributed by atoms with Crippen molar-refractivity contribution in [3.63, 3.8) is 0 Å². The molecule has 26 heavy (non-hydrogen) atoms. The molecule has 0 spiro atoms. The molecule has 0 bridgehead atoms. The van der Waals surface area contributed by atoms with Gasteiger partial charge in [0.15, 0.2) is 0 Å². The van der Waals surface area contributed by atoms with Gasteiger partial charge in [-0.15, -0.1) is 0 Å². The Labute approximate surface area is 152 Å². The summed E-state index contributed by atoms with van der Waals surface area (Å²) in [5, 5.41) is 22.2. The van der Waals surface area contributed by atoms with E-state index >= 15 is 0 Å². The summed E-state index contributed by atoms with van der Waals surface area (Å²) >= 11 is 0. The lowest BCUT2D eigenvalue weighted by atomic mass is 10.0. The highest BCUT2D eigenvalue weighted by Crippen LogP contribution is 2.30. The minimum atomic E-state index is 0.279. The molecule has 0 atom stereocenters. The van der Waals surface area contributed by atoms with Crippen molar-refractivity contribution in [1.82, 2.24) is 20.4 Å². The topological polar surface area (TPSA) is 64.2 Å². The van der Waals surface area contributed by atoms with Crippen molar-refractivity contribution in [1.29, 1.82) is 0 Å². The molecule has 0 saturated heterocycles. The molecule has 5 heteroatoms. The molecule has 4 rings (SSSR count). The van der Waals surface area contributed by atoms with Crippen LogP contribution in [-0.4, -0.2) is 33.8 Å². The quantitative estimate of drug-likeness (QED) is 0.662. The fourth-order valence-corrected chi connectivity index (χ4v) is 3.15. The van der Waals surface area contributed by atoms with Gasteiger partial charge in [-0.05, 0) is 23.9 Å². The summed E-state index contributed by atoms with van der Waals surface area (Å²) in [7, 11) is 2.04. The van der Waals surface area contributed by atoms with E-state index in [0.29, 0.717) is 6.54 Å². The van der Waals surface area contributed by atoms with E-state index in [-0.39, 0.29) is 5.75 Å². The van der Waals surface area contributed by atoms with Gasteiger partial charge in [-0.3, -0.25) is 5.10 Å². The van der Waals surface area contributed by atoms with Crippen molar-refractivity contribution in [2.75, 3.05) is 13.6 Å². The third-order valence-corrected chi connectivity index (χ3v) is 4.63. The number of aromatic hydroxyl groups is 1. The molecule has 3 aromatic rings. The van der Waals surface area contributed by atoms with Gasteiger partial charge in [0.2, 0.25) is 0 Å². The number of benzene rings is 2. The van der Waals surface area contributed by atoms with Crippen LogP contribution in [0.25, 0.3) is 16.5 Å². The Morgan fingerprint density at radius 2 is 2.04 bits per heavy atom. The lowest BCUT2D eigenvalue weighted by Gasteiger charge is -2.16. The number of allylic oxidation sites excluding steroid dienone is 2. The summed E-state index contributed by atoms with van der Waals surface area (Å²) in [6.45, 7) is 2.22. The summed E-state index contributed by atoms with van der Waals surface area (Å²) in [6, 6.07) is 14.0. The number of aromatic amines is 1. The number of rotatable bonds is 5. The minimum absolute atomic E-state index is 0.279. The monoisotopic (exact) mass is 346 g/mol. The van der Waals surface area contributed by atoms with Crippen LogP contribution in [0.2, 0.25) is 0 Å². The van der Waals surface area contributed by atoms with Crippen LogP contribution in [0.1, 0.15) is 16.8 Å². The number of fused-ring (bicyclic) bond motifs is 1. The van der Waals surface area contributed by atoms with Gasteiger partial charge in [-0.1, -0.05) is 36.4 Å². The molecule has 0 radical (unpaired) electrons. The first-order valence-corrected chi connectivity index (χ1v) is 8.74. The summed E-state index contributed by atoms with van der Waals surface area (Å²) in [4.78, 5) is 2.11. The Kier molecular flexibility index (Phi) is 4.46. The van der Waals surface area contributed by atoms with Crippen LogP contribution < -0.4 is 5.32 Å². The second-order valence-corrected chi connectivity index (χ2v) is 6.60. The Balaban J connectivity index is 1.57. The molecule has 0 saturated carbocycles. The average molecular weight is 346 g/mol. The maximum atomic E-state index is 10.3. The second-order valence-electron chi connectivity index (χ2n) is 6.60. The first kappa shape index (κ1) is 16.4. The predicted octanol–water partition coefficient (Wildman–Crippen LogP) is 3.40. The fourth-order valence-electron chi connectivity index (χ4n) is 3.15. The Hall–Kier alpha value is -3.05. The van der Waals surface area contributed by atoms with Gasteiger partial charge in [0.05, 0.1) is 11.2 Å². The number of aromatic nitrogens is 2. The van der Waals surface area contributed by atoms with Gasteiger partial charge < -0.3 is 15.3 Å².